The summed E-state index contributed by atoms with van der Waals surface area (Å²) in [6.07, 6.45) is -1.35. The summed E-state index contributed by atoms with van der Waals surface area (Å²) in [7, 11) is -4.08. The minimum absolute atomic E-state index is 0.0131. The molecule has 4 rings (SSSR count). The molecular formula is C31H33BrN2O9S. The zero-order valence-corrected chi connectivity index (χ0v) is 26.7. The van der Waals surface area contributed by atoms with E-state index in [0.29, 0.717) is 5.75 Å². The standard InChI is InChI=1S/C31H33BrN2O9S/c1-19(2)29(37)41-20(3)42-30(38)26(28(35)36)27(33)21-9-7-14-25(15-21)44(39,40)34-17-31(18-34,22-10-5-4-6-11-22)43-24-13-8-12-23(32)16-24/h4-16,19-20,26-27H,17-18,33H2,1-3H3,(H,35,36)/t20?,26-,27?/m0/s1. The SMILES string of the molecule is CC(OC(=O)C(C)C)OC(=O)[C@H](C(=O)O)C(N)c1cccc(S(=O)(=O)N2CC(Oc3cccc(Br)c3)(c3ccccc3)C2)c1. The predicted molar refractivity (Wildman–Crippen MR) is 163 cm³/mol. The second-order valence-corrected chi connectivity index (χ2v) is 13.6. The number of nitrogens with zero attached hydrogens (tertiary/aromatic N) is 1. The number of hydrogen-bond donors (Lipinski definition) is 2. The van der Waals surface area contributed by atoms with Crippen molar-refractivity contribution in [2.75, 3.05) is 13.1 Å². The molecule has 11 nitrogen and oxygen atoms in total. The van der Waals surface area contributed by atoms with Crippen LogP contribution < -0.4 is 10.5 Å². The van der Waals surface area contributed by atoms with Crippen LogP contribution in [0.2, 0.25) is 0 Å². The van der Waals surface area contributed by atoms with Crippen LogP contribution in [0, 0.1) is 11.8 Å². The molecule has 1 aliphatic rings. The summed E-state index contributed by atoms with van der Waals surface area (Å²) >= 11 is 3.43. The molecule has 13 heteroatoms. The van der Waals surface area contributed by atoms with Gasteiger partial charge in [0, 0.05) is 11.4 Å². The third-order valence-corrected chi connectivity index (χ3v) is 9.35. The number of carboxylic acids is 1. The van der Waals surface area contributed by atoms with Gasteiger partial charge in [0.25, 0.3) is 0 Å². The zero-order valence-electron chi connectivity index (χ0n) is 24.3. The molecule has 234 valence electrons. The first-order chi connectivity index (χ1) is 20.7. The Morgan fingerprint density at radius 3 is 2.16 bits per heavy atom. The topological polar surface area (TPSA) is 163 Å². The maximum absolute atomic E-state index is 13.7. The van der Waals surface area contributed by atoms with Crippen molar-refractivity contribution < 1.29 is 42.1 Å². The van der Waals surface area contributed by atoms with Gasteiger partial charge in [-0.2, -0.15) is 4.31 Å². The number of halogens is 1. The van der Waals surface area contributed by atoms with Crippen LogP contribution in [-0.4, -0.2) is 55.1 Å². The van der Waals surface area contributed by atoms with Crippen molar-refractivity contribution in [3.8, 4) is 5.75 Å². The second-order valence-electron chi connectivity index (χ2n) is 10.7. The Labute approximate surface area is 264 Å². The molecule has 0 bridgehead atoms. The number of esters is 2. The maximum Gasteiger partial charge on any atom is 0.325 e. The number of carbonyl (C=O) groups is 3. The molecular weight excluding hydrogens is 656 g/mol. The summed E-state index contributed by atoms with van der Waals surface area (Å²) in [5, 5.41) is 9.80. The average Bonchev–Trinajstić information content (AvgIpc) is 2.94. The predicted octanol–water partition coefficient (Wildman–Crippen LogP) is 4.22. The molecule has 1 heterocycles. The molecule has 0 aromatic heterocycles. The molecule has 0 radical (unpaired) electrons. The van der Waals surface area contributed by atoms with E-state index in [9.17, 15) is 27.9 Å². The lowest BCUT2D eigenvalue weighted by atomic mass is 9.87. The lowest BCUT2D eigenvalue weighted by molar-refractivity contribution is -0.191. The third-order valence-electron chi connectivity index (χ3n) is 7.07. The Morgan fingerprint density at radius 2 is 1.55 bits per heavy atom. The first-order valence-corrected chi connectivity index (χ1v) is 16.0. The molecule has 44 heavy (non-hydrogen) atoms. The first-order valence-electron chi connectivity index (χ1n) is 13.7. The van der Waals surface area contributed by atoms with Crippen LogP contribution in [0.5, 0.6) is 5.75 Å². The number of benzene rings is 3. The van der Waals surface area contributed by atoms with E-state index < -0.39 is 57.7 Å². The fourth-order valence-corrected chi connectivity index (χ4v) is 6.65. The van der Waals surface area contributed by atoms with Crippen molar-refractivity contribution in [1.82, 2.24) is 4.31 Å². The van der Waals surface area contributed by atoms with Gasteiger partial charge in [-0.25, -0.2) is 8.42 Å². The minimum Gasteiger partial charge on any atom is -0.481 e. The van der Waals surface area contributed by atoms with Crippen molar-refractivity contribution >= 4 is 43.9 Å². The number of aliphatic carboxylic acids is 1. The lowest BCUT2D eigenvalue weighted by Crippen LogP contribution is -2.64. The summed E-state index contributed by atoms with van der Waals surface area (Å²) in [6.45, 7) is 4.48. The maximum atomic E-state index is 13.7. The molecule has 3 N–H and O–H groups in total. The summed E-state index contributed by atoms with van der Waals surface area (Å²) in [5.41, 5.74) is 6.14. The van der Waals surface area contributed by atoms with Crippen molar-refractivity contribution in [3.63, 3.8) is 0 Å². The van der Waals surface area contributed by atoms with Gasteiger partial charge in [0.1, 0.15) is 5.75 Å². The second kappa shape index (κ2) is 13.5. The van der Waals surface area contributed by atoms with E-state index in [2.05, 4.69) is 15.9 Å². The van der Waals surface area contributed by atoms with E-state index in [1.54, 1.807) is 26.0 Å². The minimum atomic E-state index is -4.08. The summed E-state index contributed by atoms with van der Waals surface area (Å²) in [6, 6.07) is 20.5. The van der Waals surface area contributed by atoms with E-state index in [1.165, 1.54) is 35.5 Å². The molecule has 1 saturated heterocycles. The van der Waals surface area contributed by atoms with Gasteiger partial charge < -0.3 is 25.1 Å². The third kappa shape index (κ3) is 7.29. The van der Waals surface area contributed by atoms with Gasteiger partial charge in [-0.05, 0) is 41.5 Å². The van der Waals surface area contributed by atoms with Crippen LogP contribution in [0.25, 0.3) is 0 Å². The van der Waals surface area contributed by atoms with Gasteiger partial charge in [-0.15, -0.1) is 0 Å². The van der Waals surface area contributed by atoms with Gasteiger partial charge in [0.05, 0.1) is 29.9 Å². The molecule has 2 unspecified atom stereocenters. The molecule has 1 aliphatic heterocycles. The Morgan fingerprint density at radius 1 is 0.909 bits per heavy atom. The molecule has 0 aliphatic carbocycles. The molecule has 0 spiro atoms. The summed E-state index contributed by atoms with van der Waals surface area (Å²) in [5.74, 6) is -5.28. The molecule has 0 saturated carbocycles. The first kappa shape index (κ1) is 33.1. The Hall–Kier alpha value is -3.78. The van der Waals surface area contributed by atoms with Crippen molar-refractivity contribution in [3.05, 3.63) is 94.5 Å². The van der Waals surface area contributed by atoms with Gasteiger partial charge in [0.15, 0.2) is 11.5 Å². The van der Waals surface area contributed by atoms with Gasteiger partial charge in [-0.3, -0.25) is 14.4 Å². The normalized spacial score (nSPS) is 16.7. The highest BCUT2D eigenvalue weighted by Gasteiger charge is 2.52. The summed E-state index contributed by atoms with van der Waals surface area (Å²) < 4.78 is 45.9. The number of carboxylic acid groups (broad SMARTS) is 1. The van der Waals surface area contributed by atoms with Crippen molar-refractivity contribution in [1.29, 1.82) is 0 Å². The number of nitrogens with two attached hydrogens (primary N) is 1. The monoisotopic (exact) mass is 688 g/mol. The van der Waals surface area contributed by atoms with E-state index >= 15 is 0 Å². The Balaban J connectivity index is 1.54. The molecule has 3 aromatic carbocycles. The van der Waals surface area contributed by atoms with Gasteiger partial charge in [0.2, 0.25) is 16.3 Å². The fourth-order valence-electron chi connectivity index (χ4n) is 4.68. The van der Waals surface area contributed by atoms with Crippen LogP contribution in [-0.2, 0) is 39.5 Å². The molecule has 3 atom stereocenters. The Bertz CT molecular complexity index is 1630. The van der Waals surface area contributed by atoms with Crippen LogP contribution in [0.1, 0.15) is 37.9 Å². The molecule has 0 amide bonds. The van der Waals surface area contributed by atoms with Crippen LogP contribution in [0.3, 0.4) is 0 Å². The quantitative estimate of drug-likeness (QED) is 0.160. The lowest BCUT2D eigenvalue weighted by Gasteiger charge is -2.49. The van der Waals surface area contributed by atoms with Crippen LogP contribution in [0.15, 0.2) is 88.2 Å². The smallest absolute Gasteiger partial charge is 0.325 e. The fraction of sp³-hybridized carbons (Fsp3) is 0.323. The van der Waals surface area contributed by atoms with E-state index in [-0.39, 0.29) is 23.5 Å². The average molecular weight is 690 g/mol. The number of rotatable bonds is 12. The highest BCUT2D eigenvalue weighted by Crippen LogP contribution is 2.40. The summed E-state index contributed by atoms with van der Waals surface area (Å²) in [4.78, 5) is 36.5. The van der Waals surface area contributed by atoms with E-state index in [1.807, 2.05) is 42.5 Å². The molecule has 1 fully saturated rings. The van der Waals surface area contributed by atoms with Crippen LogP contribution in [0.4, 0.5) is 0 Å². The number of carbonyl (C=O) groups excluding carboxylic acids is 2. The number of hydrogen-bond acceptors (Lipinski definition) is 9. The molecule has 3 aromatic rings. The van der Waals surface area contributed by atoms with Gasteiger partial charge >= 0.3 is 17.9 Å². The Kier molecular flexibility index (Phi) is 10.1. The highest BCUT2D eigenvalue weighted by molar-refractivity contribution is 9.10. The zero-order chi connectivity index (χ0) is 32.2. The van der Waals surface area contributed by atoms with Gasteiger partial charge in [-0.1, -0.05) is 78.3 Å². The van der Waals surface area contributed by atoms with E-state index in [4.69, 9.17) is 19.9 Å². The number of ether oxygens (including phenoxy) is 3. The highest BCUT2D eigenvalue weighted by atomic mass is 79.9. The largest absolute Gasteiger partial charge is 0.481 e. The van der Waals surface area contributed by atoms with E-state index in [0.717, 1.165) is 10.0 Å². The van der Waals surface area contributed by atoms with Crippen molar-refractivity contribution in [2.24, 2.45) is 17.6 Å². The number of sulfonamides is 1. The van der Waals surface area contributed by atoms with Crippen molar-refractivity contribution in [2.45, 2.75) is 43.6 Å². The van der Waals surface area contributed by atoms with Crippen LogP contribution >= 0.6 is 15.9 Å².